The molecule has 2 rings (SSSR count). The fourth-order valence-corrected chi connectivity index (χ4v) is 3.04. The Morgan fingerprint density at radius 3 is 2.48 bits per heavy atom. The molecule has 0 aliphatic carbocycles. The van der Waals surface area contributed by atoms with E-state index in [0.717, 1.165) is 16.8 Å². The van der Waals surface area contributed by atoms with E-state index < -0.39 is 35.5 Å². The molecule has 0 spiro atoms. The van der Waals surface area contributed by atoms with Crippen molar-refractivity contribution < 1.29 is 23.9 Å². The zero-order chi connectivity index (χ0) is 21.9. The van der Waals surface area contributed by atoms with Gasteiger partial charge in [0, 0.05) is 24.2 Å². The molecule has 1 heterocycles. The third kappa shape index (κ3) is 5.79. The molecule has 1 fully saturated rings. The summed E-state index contributed by atoms with van der Waals surface area (Å²) in [5.74, 6) is -2.19. The maximum atomic E-state index is 12.5. The molecule has 158 valence electrons. The lowest BCUT2D eigenvalue weighted by atomic mass is 10.1. The lowest BCUT2D eigenvalue weighted by molar-refractivity contribution is -0.158. The van der Waals surface area contributed by atoms with E-state index in [4.69, 9.17) is 4.74 Å². The van der Waals surface area contributed by atoms with Crippen LogP contribution in [0.3, 0.4) is 0 Å². The van der Waals surface area contributed by atoms with Crippen LogP contribution in [0.15, 0.2) is 18.2 Å². The summed E-state index contributed by atoms with van der Waals surface area (Å²) < 4.78 is 5.20. The van der Waals surface area contributed by atoms with Crippen LogP contribution in [0.4, 0.5) is 10.5 Å². The second kappa shape index (κ2) is 8.63. The molecule has 0 aromatic heterocycles. The lowest BCUT2D eigenvalue weighted by Crippen LogP contribution is -2.50. The Morgan fingerprint density at radius 2 is 1.86 bits per heavy atom. The monoisotopic (exact) mass is 403 g/mol. The van der Waals surface area contributed by atoms with Gasteiger partial charge in [0.2, 0.25) is 5.91 Å². The molecular weight excluding hydrogens is 374 g/mol. The highest BCUT2D eigenvalue weighted by Crippen LogP contribution is 2.30. The van der Waals surface area contributed by atoms with E-state index in [1.165, 1.54) is 6.92 Å². The Balaban J connectivity index is 1.95. The van der Waals surface area contributed by atoms with Gasteiger partial charge < -0.3 is 15.0 Å². The summed E-state index contributed by atoms with van der Waals surface area (Å²) in [5, 5.41) is 4.74. The molecule has 0 bridgehead atoms. The van der Waals surface area contributed by atoms with Gasteiger partial charge in [-0.3, -0.25) is 19.7 Å². The van der Waals surface area contributed by atoms with Crippen molar-refractivity contribution in [1.82, 2.24) is 10.6 Å². The van der Waals surface area contributed by atoms with Gasteiger partial charge in [0.15, 0.2) is 6.10 Å². The van der Waals surface area contributed by atoms with Crippen molar-refractivity contribution in [3.05, 3.63) is 29.3 Å². The molecule has 0 radical (unpaired) electrons. The van der Waals surface area contributed by atoms with E-state index in [0.29, 0.717) is 0 Å². The van der Waals surface area contributed by atoms with E-state index in [1.807, 2.05) is 32.0 Å². The number of imide groups is 1. The molecule has 4 amide bonds. The first-order chi connectivity index (χ1) is 13.4. The number of hydrogen-bond donors (Lipinski definition) is 2. The largest absolute Gasteiger partial charge is 0.452 e. The molecule has 1 aliphatic heterocycles. The number of esters is 1. The van der Waals surface area contributed by atoms with Crippen LogP contribution in [0.1, 0.15) is 45.2 Å². The molecular formula is C21H29N3O5. The maximum absolute atomic E-state index is 12.5. The highest BCUT2D eigenvalue weighted by Gasteiger charge is 2.38. The number of carbonyl (C=O) groups excluding carboxylic acids is 4. The molecule has 1 aliphatic rings. The molecule has 29 heavy (non-hydrogen) atoms. The van der Waals surface area contributed by atoms with Gasteiger partial charge >= 0.3 is 12.0 Å². The fraction of sp³-hybridized carbons (Fsp3) is 0.524. The zero-order valence-electron chi connectivity index (χ0n) is 17.8. The van der Waals surface area contributed by atoms with Gasteiger partial charge in [-0.05, 0) is 58.7 Å². The van der Waals surface area contributed by atoms with Crippen molar-refractivity contribution in [2.24, 2.45) is 5.92 Å². The Kier molecular flexibility index (Phi) is 6.66. The Hall–Kier alpha value is -2.90. The number of aryl methyl sites for hydroxylation is 1. The van der Waals surface area contributed by atoms with E-state index in [2.05, 4.69) is 10.6 Å². The minimum Gasteiger partial charge on any atom is -0.452 e. The lowest BCUT2D eigenvalue weighted by Gasteiger charge is -2.22. The Morgan fingerprint density at radius 1 is 1.21 bits per heavy atom. The molecule has 0 saturated carbocycles. The summed E-state index contributed by atoms with van der Waals surface area (Å²) in [6.07, 6.45) is -1.14. The van der Waals surface area contributed by atoms with Gasteiger partial charge in [-0.1, -0.05) is 12.1 Å². The van der Waals surface area contributed by atoms with E-state index in [9.17, 15) is 19.2 Å². The number of benzene rings is 1. The standard InChI is InChI=1S/C21H29N3O5/c1-12-8-7-9-16(13(12)2)24-11-15(10-17(24)25)19(27)29-14(3)18(26)22-20(28)23-21(4,5)6/h7-9,14-15H,10-11H2,1-6H3,(H2,22,23,26,28)/t14-,15-/m1/s1. The maximum Gasteiger partial charge on any atom is 0.321 e. The van der Waals surface area contributed by atoms with Gasteiger partial charge in [0.25, 0.3) is 5.91 Å². The smallest absolute Gasteiger partial charge is 0.321 e. The minimum absolute atomic E-state index is 0.0189. The highest BCUT2D eigenvalue weighted by atomic mass is 16.5. The normalized spacial score (nSPS) is 17.7. The molecule has 2 atom stereocenters. The van der Waals surface area contributed by atoms with Gasteiger partial charge in [-0.15, -0.1) is 0 Å². The number of urea groups is 1. The van der Waals surface area contributed by atoms with Crippen LogP contribution in [0.25, 0.3) is 0 Å². The first-order valence-corrected chi connectivity index (χ1v) is 9.59. The van der Waals surface area contributed by atoms with Crippen molar-refractivity contribution in [2.45, 2.75) is 59.6 Å². The SMILES string of the molecule is Cc1cccc(N2C[C@H](C(=O)O[C@H](C)C(=O)NC(=O)NC(C)(C)C)CC2=O)c1C. The Labute approximate surface area is 171 Å². The summed E-state index contributed by atoms with van der Waals surface area (Å²) in [5.41, 5.74) is 2.30. The number of ether oxygens (including phenoxy) is 1. The van der Waals surface area contributed by atoms with Gasteiger partial charge in [-0.25, -0.2) is 4.79 Å². The molecule has 8 heteroatoms. The summed E-state index contributed by atoms with van der Waals surface area (Å²) >= 11 is 0. The Bertz CT molecular complexity index is 828. The van der Waals surface area contributed by atoms with Crippen LogP contribution in [0, 0.1) is 19.8 Å². The number of hydrogen-bond acceptors (Lipinski definition) is 5. The summed E-state index contributed by atoms with van der Waals surface area (Å²) in [7, 11) is 0. The number of amides is 4. The molecule has 8 nitrogen and oxygen atoms in total. The number of carbonyl (C=O) groups is 4. The minimum atomic E-state index is -1.15. The van der Waals surface area contributed by atoms with Gasteiger partial charge in [0.1, 0.15) is 0 Å². The number of anilines is 1. The second-order valence-corrected chi connectivity index (χ2v) is 8.40. The predicted molar refractivity (Wildman–Crippen MR) is 108 cm³/mol. The molecule has 1 aromatic rings. The summed E-state index contributed by atoms with van der Waals surface area (Å²) in [6, 6.07) is 5.01. The first kappa shape index (κ1) is 22.4. The predicted octanol–water partition coefficient (Wildman–Crippen LogP) is 2.21. The van der Waals surface area contributed by atoms with Gasteiger partial charge in [-0.2, -0.15) is 0 Å². The third-order valence-electron chi connectivity index (χ3n) is 4.71. The van der Waals surface area contributed by atoms with Crippen LogP contribution >= 0.6 is 0 Å². The molecule has 1 aromatic carbocycles. The highest BCUT2D eigenvalue weighted by molar-refractivity contribution is 6.01. The van der Waals surface area contributed by atoms with E-state index in [-0.39, 0.29) is 18.9 Å². The average molecular weight is 403 g/mol. The quantitative estimate of drug-likeness (QED) is 0.750. The topological polar surface area (TPSA) is 105 Å². The molecule has 0 unspecified atom stereocenters. The van der Waals surface area contributed by atoms with Crippen molar-refractivity contribution in [3.8, 4) is 0 Å². The van der Waals surface area contributed by atoms with Gasteiger partial charge in [0.05, 0.1) is 5.92 Å². The number of rotatable bonds is 4. The van der Waals surface area contributed by atoms with Crippen molar-refractivity contribution in [3.63, 3.8) is 0 Å². The fourth-order valence-electron chi connectivity index (χ4n) is 3.04. The van der Waals surface area contributed by atoms with Crippen molar-refractivity contribution in [2.75, 3.05) is 11.4 Å². The molecule has 2 N–H and O–H groups in total. The molecule has 1 saturated heterocycles. The number of nitrogens with one attached hydrogen (secondary N) is 2. The average Bonchev–Trinajstić information content (AvgIpc) is 2.97. The number of nitrogens with zero attached hydrogens (tertiary/aromatic N) is 1. The first-order valence-electron chi connectivity index (χ1n) is 9.59. The van der Waals surface area contributed by atoms with Crippen LogP contribution in [-0.4, -0.2) is 42.0 Å². The van der Waals surface area contributed by atoms with Crippen LogP contribution in [0.2, 0.25) is 0 Å². The third-order valence-corrected chi connectivity index (χ3v) is 4.71. The second-order valence-electron chi connectivity index (χ2n) is 8.40. The summed E-state index contributed by atoms with van der Waals surface area (Å²) in [4.78, 5) is 50.4. The van der Waals surface area contributed by atoms with Crippen molar-refractivity contribution in [1.29, 1.82) is 0 Å². The van der Waals surface area contributed by atoms with E-state index in [1.54, 1.807) is 25.7 Å². The summed E-state index contributed by atoms with van der Waals surface area (Å²) in [6.45, 7) is 10.8. The van der Waals surface area contributed by atoms with Crippen LogP contribution < -0.4 is 15.5 Å². The van der Waals surface area contributed by atoms with Crippen LogP contribution in [0.5, 0.6) is 0 Å². The van der Waals surface area contributed by atoms with E-state index >= 15 is 0 Å². The zero-order valence-corrected chi connectivity index (χ0v) is 17.8. The van der Waals surface area contributed by atoms with Crippen LogP contribution in [-0.2, 0) is 19.1 Å². The van der Waals surface area contributed by atoms with Crippen molar-refractivity contribution >= 4 is 29.5 Å².